The molecule has 0 amide bonds. The van der Waals surface area contributed by atoms with Crippen LogP contribution in [0, 0.1) is 6.92 Å². The van der Waals surface area contributed by atoms with Gasteiger partial charge in [0.05, 0.1) is 0 Å². The van der Waals surface area contributed by atoms with E-state index in [1.54, 1.807) is 0 Å². The number of aryl methyl sites for hydroxylation is 1. The van der Waals surface area contributed by atoms with Crippen LogP contribution in [0.2, 0.25) is 0 Å². The zero-order valence-corrected chi connectivity index (χ0v) is 9.87. The fourth-order valence-electron chi connectivity index (χ4n) is 2.38. The van der Waals surface area contributed by atoms with Crippen LogP contribution >= 0.6 is 0 Å². The van der Waals surface area contributed by atoms with Crippen molar-refractivity contribution >= 4 is 21.8 Å². The zero-order valence-electron chi connectivity index (χ0n) is 9.87. The lowest BCUT2D eigenvalue weighted by Crippen LogP contribution is -1.83. The van der Waals surface area contributed by atoms with Crippen LogP contribution in [0.25, 0.3) is 21.8 Å². The summed E-state index contributed by atoms with van der Waals surface area (Å²) in [6.07, 6.45) is 3.29. The molecular weight excluding hydrogens is 206 g/mol. The topological polar surface area (TPSA) is 15.8 Å². The predicted molar refractivity (Wildman–Crippen MR) is 74.1 cm³/mol. The first kappa shape index (κ1) is 10.4. The first-order valence-electron chi connectivity index (χ1n) is 6.17. The van der Waals surface area contributed by atoms with Gasteiger partial charge in [-0.2, -0.15) is 0 Å². The molecule has 1 nitrogen and oxygen atoms in total. The Labute approximate surface area is 101 Å². The highest BCUT2D eigenvalue weighted by Crippen LogP contribution is 2.26. The standard InChI is InChI=1S/C16H16N/c1-2-3-6-12-9-10-16-14(11-12)13-7-4-5-8-15(13)17-16/h4-5,7-11,17H,1-3,6H2. The maximum absolute atomic E-state index is 3.90. The molecule has 17 heavy (non-hydrogen) atoms. The fraction of sp³-hybridized carbons (Fsp3) is 0.188. The Hall–Kier alpha value is -1.76. The van der Waals surface area contributed by atoms with Gasteiger partial charge in [-0.15, -0.1) is 0 Å². The average molecular weight is 222 g/mol. The Morgan fingerprint density at radius 1 is 0.941 bits per heavy atom. The van der Waals surface area contributed by atoms with E-state index >= 15 is 0 Å². The molecule has 3 rings (SSSR count). The summed E-state index contributed by atoms with van der Waals surface area (Å²) in [5.74, 6) is 0. The van der Waals surface area contributed by atoms with Crippen LogP contribution in [-0.4, -0.2) is 4.98 Å². The second kappa shape index (κ2) is 4.25. The van der Waals surface area contributed by atoms with Crippen molar-refractivity contribution < 1.29 is 0 Å². The number of unbranched alkanes of at least 4 members (excludes halogenated alkanes) is 1. The maximum atomic E-state index is 3.90. The molecule has 1 aromatic heterocycles. The Bertz CT molecular complexity index is 649. The van der Waals surface area contributed by atoms with Gasteiger partial charge in [0.25, 0.3) is 0 Å². The highest BCUT2D eigenvalue weighted by Gasteiger charge is 2.03. The van der Waals surface area contributed by atoms with Crippen LogP contribution in [0.1, 0.15) is 18.4 Å². The molecule has 0 aliphatic rings. The van der Waals surface area contributed by atoms with Crippen molar-refractivity contribution in [2.75, 3.05) is 0 Å². The number of hydrogen-bond acceptors (Lipinski definition) is 0. The molecule has 0 fully saturated rings. The normalized spacial score (nSPS) is 11.4. The van der Waals surface area contributed by atoms with E-state index in [0.29, 0.717) is 0 Å². The molecule has 1 heteroatoms. The number of rotatable bonds is 3. The van der Waals surface area contributed by atoms with Crippen LogP contribution in [0.4, 0.5) is 0 Å². The molecule has 0 unspecified atom stereocenters. The molecule has 0 saturated heterocycles. The van der Waals surface area contributed by atoms with E-state index in [4.69, 9.17) is 0 Å². The number of para-hydroxylation sites is 1. The fourth-order valence-corrected chi connectivity index (χ4v) is 2.38. The summed E-state index contributed by atoms with van der Waals surface area (Å²) in [5.41, 5.74) is 3.85. The lowest BCUT2D eigenvalue weighted by Gasteiger charge is -2.00. The van der Waals surface area contributed by atoms with Gasteiger partial charge in [0.15, 0.2) is 0 Å². The van der Waals surface area contributed by atoms with Crippen molar-refractivity contribution in [2.24, 2.45) is 0 Å². The first-order valence-corrected chi connectivity index (χ1v) is 6.17. The number of benzene rings is 2. The number of aromatic amines is 1. The van der Waals surface area contributed by atoms with E-state index in [0.717, 1.165) is 19.3 Å². The van der Waals surface area contributed by atoms with Crippen LogP contribution in [-0.2, 0) is 6.42 Å². The third-order valence-corrected chi connectivity index (χ3v) is 3.29. The van der Waals surface area contributed by atoms with E-state index in [1.807, 2.05) is 0 Å². The van der Waals surface area contributed by atoms with Gasteiger partial charge in [0.1, 0.15) is 0 Å². The van der Waals surface area contributed by atoms with Gasteiger partial charge in [0.2, 0.25) is 0 Å². The molecule has 3 aromatic rings. The number of hydrogen-bond donors (Lipinski definition) is 1. The largest absolute Gasteiger partial charge is 0.355 e. The minimum absolute atomic E-state index is 1.01. The SMILES string of the molecule is [CH2]CCCc1ccc2[nH]c3ccccc3c2c1. The van der Waals surface area contributed by atoms with Crippen molar-refractivity contribution in [3.63, 3.8) is 0 Å². The zero-order chi connectivity index (χ0) is 11.7. The summed E-state index contributed by atoms with van der Waals surface area (Å²) in [5, 5.41) is 2.65. The Morgan fingerprint density at radius 3 is 2.65 bits per heavy atom. The second-order valence-corrected chi connectivity index (χ2v) is 4.51. The van der Waals surface area contributed by atoms with E-state index < -0.39 is 0 Å². The maximum Gasteiger partial charge on any atom is 0.0465 e. The van der Waals surface area contributed by atoms with Crippen LogP contribution in [0.3, 0.4) is 0 Å². The van der Waals surface area contributed by atoms with Crippen molar-refractivity contribution in [1.29, 1.82) is 0 Å². The number of H-pyrrole nitrogens is 1. The van der Waals surface area contributed by atoms with Gasteiger partial charge >= 0.3 is 0 Å². The summed E-state index contributed by atoms with van der Waals surface area (Å²) >= 11 is 0. The Morgan fingerprint density at radius 2 is 1.76 bits per heavy atom. The van der Waals surface area contributed by atoms with E-state index in [9.17, 15) is 0 Å². The molecule has 0 bridgehead atoms. The van der Waals surface area contributed by atoms with Gasteiger partial charge in [-0.25, -0.2) is 0 Å². The molecule has 0 aliphatic heterocycles. The number of nitrogens with one attached hydrogen (secondary N) is 1. The van der Waals surface area contributed by atoms with Crippen molar-refractivity contribution in [1.82, 2.24) is 4.98 Å². The lowest BCUT2D eigenvalue weighted by atomic mass is 10.1. The van der Waals surface area contributed by atoms with Crippen molar-refractivity contribution in [3.8, 4) is 0 Å². The summed E-state index contributed by atoms with van der Waals surface area (Å²) in [6, 6.07) is 15.2. The van der Waals surface area contributed by atoms with Crippen molar-refractivity contribution in [2.45, 2.75) is 19.3 Å². The van der Waals surface area contributed by atoms with Crippen LogP contribution in [0.5, 0.6) is 0 Å². The third-order valence-electron chi connectivity index (χ3n) is 3.29. The van der Waals surface area contributed by atoms with Gasteiger partial charge in [-0.3, -0.25) is 0 Å². The Kier molecular flexibility index (Phi) is 2.60. The molecule has 0 spiro atoms. The number of fused-ring (bicyclic) bond motifs is 3. The molecule has 0 atom stereocenters. The summed E-state index contributed by atoms with van der Waals surface area (Å²) in [7, 11) is 0. The second-order valence-electron chi connectivity index (χ2n) is 4.51. The van der Waals surface area contributed by atoms with E-state index in [1.165, 1.54) is 27.4 Å². The van der Waals surface area contributed by atoms with Gasteiger partial charge < -0.3 is 4.98 Å². The number of aromatic nitrogens is 1. The minimum Gasteiger partial charge on any atom is -0.355 e. The van der Waals surface area contributed by atoms with Crippen LogP contribution in [0.15, 0.2) is 42.5 Å². The molecule has 1 N–H and O–H groups in total. The smallest absolute Gasteiger partial charge is 0.0465 e. The summed E-state index contributed by atoms with van der Waals surface area (Å²) in [4.78, 5) is 3.45. The molecule has 0 aliphatic carbocycles. The summed E-state index contributed by atoms with van der Waals surface area (Å²) < 4.78 is 0. The first-order chi connectivity index (χ1) is 8.38. The minimum atomic E-state index is 1.01. The van der Waals surface area contributed by atoms with Gasteiger partial charge in [-0.05, 0) is 36.6 Å². The van der Waals surface area contributed by atoms with Crippen molar-refractivity contribution in [3.05, 3.63) is 55.0 Å². The summed E-state index contributed by atoms with van der Waals surface area (Å²) in [6.45, 7) is 3.90. The van der Waals surface area contributed by atoms with Gasteiger partial charge in [-0.1, -0.05) is 37.6 Å². The Balaban J connectivity index is 2.16. The van der Waals surface area contributed by atoms with Crippen LogP contribution < -0.4 is 0 Å². The van der Waals surface area contributed by atoms with Gasteiger partial charge in [0, 0.05) is 21.8 Å². The monoisotopic (exact) mass is 222 g/mol. The molecule has 0 saturated carbocycles. The predicted octanol–water partition coefficient (Wildman–Crippen LogP) is 4.48. The molecule has 1 heterocycles. The van der Waals surface area contributed by atoms with E-state index in [-0.39, 0.29) is 0 Å². The molecule has 85 valence electrons. The highest BCUT2D eigenvalue weighted by atomic mass is 14.7. The lowest BCUT2D eigenvalue weighted by molar-refractivity contribution is 0.842. The molecule has 1 radical (unpaired) electrons. The average Bonchev–Trinajstić information content (AvgIpc) is 2.74. The highest BCUT2D eigenvalue weighted by molar-refractivity contribution is 6.07. The molecular formula is C16H16N. The van der Waals surface area contributed by atoms with E-state index in [2.05, 4.69) is 54.4 Å². The molecule has 2 aromatic carbocycles. The third kappa shape index (κ3) is 1.82. The quantitative estimate of drug-likeness (QED) is 0.672.